The summed E-state index contributed by atoms with van der Waals surface area (Å²) in [6.07, 6.45) is 8.46. The van der Waals surface area contributed by atoms with Crippen molar-refractivity contribution in [3.05, 3.63) is 0 Å². The van der Waals surface area contributed by atoms with E-state index in [1.165, 1.54) is 38.5 Å². The molecule has 1 aliphatic carbocycles. The molecule has 0 bridgehead atoms. The van der Waals surface area contributed by atoms with Crippen molar-refractivity contribution < 1.29 is 9.53 Å². The van der Waals surface area contributed by atoms with E-state index in [1.807, 2.05) is 4.90 Å². The fourth-order valence-electron chi connectivity index (χ4n) is 3.43. The predicted octanol–water partition coefficient (Wildman–Crippen LogP) is 1.53. The molecule has 2 rings (SSSR count). The number of hydrogen-bond acceptors (Lipinski definition) is 3. The van der Waals surface area contributed by atoms with Crippen molar-refractivity contribution >= 4 is 5.91 Å². The van der Waals surface area contributed by atoms with Crippen LogP contribution in [0.25, 0.3) is 0 Å². The van der Waals surface area contributed by atoms with Crippen LogP contribution in [0.5, 0.6) is 0 Å². The van der Waals surface area contributed by atoms with Gasteiger partial charge < -0.3 is 15.4 Å². The van der Waals surface area contributed by atoms with E-state index in [2.05, 4.69) is 0 Å². The lowest BCUT2D eigenvalue weighted by Crippen LogP contribution is -2.49. The number of carbonyl (C=O) groups is 1. The lowest BCUT2D eigenvalue weighted by molar-refractivity contribution is -0.135. The van der Waals surface area contributed by atoms with Crippen LogP contribution in [0, 0.1) is 5.41 Å². The smallest absolute Gasteiger partial charge is 0.239 e. The first-order valence-corrected chi connectivity index (χ1v) is 7.20. The molecule has 1 spiro atoms. The van der Waals surface area contributed by atoms with E-state index >= 15 is 0 Å². The van der Waals surface area contributed by atoms with Crippen LogP contribution in [-0.4, -0.2) is 43.7 Å². The molecule has 0 aromatic rings. The normalized spacial score (nSPS) is 24.4. The van der Waals surface area contributed by atoms with E-state index in [0.29, 0.717) is 18.4 Å². The molecule has 1 saturated carbocycles. The molecule has 4 heteroatoms. The molecule has 4 nitrogen and oxygen atoms in total. The summed E-state index contributed by atoms with van der Waals surface area (Å²) in [7, 11) is 1.64. The maximum absolute atomic E-state index is 12.2. The standard InChI is InChI=1S/C14H26N2O2/c1-18-11-4-12(15)13(17)16-9-7-14(8-10-16)5-2-3-6-14/h12H,2-11,15H2,1H3. The molecule has 1 atom stereocenters. The third kappa shape index (κ3) is 3.04. The minimum Gasteiger partial charge on any atom is -0.385 e. The van der Waals surface area contributed by atoms with Crippen LogP contribution in [0.4, 0.5) is 0 Å². The quantitative estimate of drug-likeness (QED) is 0.828. The van der Waals surface area contributed by atoms with Crippen molar-refractivity contribution in [1.29, 1.82) is 0 Å². The molecule has 0 aromatic carbocycles. The van der Waals surface area contributed by atoms with E-state index in [1.54, 1.807) is 7.11 Å². The highest BCUT2D eigenvalue weighted by Crippen LogP contribution is 2.46. The summed E-state index contributed by atoms with van der Waals surface area (Å²) in [6, 6.07) is -0.387. The van der Waals surface area contributed by atoms with Crippen molar-refractivity contribution in [3.8, 4) is 0 Å². The van der Waals surface area contributed by atoms with E-state index in [0.717, 1.165) is 13.1 Å². The van der Waals surface area contributed by atoms with Gasteiger partial charge >= 0.3 is 0 Å². The Labute approximate surface area is 110 Å². The van der Waals surface area contributed by atoms with Crippen LogP contribution in [0.3, 0.4) is 0 Å². The van der Waals surface area contributed by atoms with Gasteiger partial charge in [-0.3, -0.25) is 4.79 Å². The summed E-state index contributed by atoms with van der Waals surface area (Å²) >= 11 is 0. The Hall–Kier alpha value is -0.610. The van der Waals surface area contributed by atoms with Crippen LogP contribution in [0.15, 0.2) is 0 Å². The Morgan fingerprint density at radius 1 is 1.28 bits per heavy atom. The zero-order chi connectivity index (χ0) is 13.0. The van der Waals surface area contributed by atoms with Gasteiger partial charge in [-0.1, -0.05) is 12.8 Å². The van der Waals surface area contributed by atoms with Gasteiger partial charge in [-0.25, -0.2) is 0 Å². The molecule has 0 aromatic heterocycles. The number of ether oxygens (including phenoxy) is 1. The highest BCUT2D eigenvalue weighted by molar-refractivity contribution is 5.81. The second-order valence-electron chi connectivity index (χ2n) is 5.92. The lowest BCUT2D eigenvalue weighted by Gasteiger charge is -2.40. The van der Waals surface area contributed by atoms with Crippen LogP contribution < -0.4 is 5.73 Å². The zero-order valence-electron chi connectivity index (χ0n) is 11.5. The highest BCUT2D eigenvalue weighted by atomic mass is 16.5. The Morgan fingerprint density at radius 2 is 1.89 bits per heavy atom. The average molecular weight is 254 g/mol. The first kappa shape index (κ1) is 13.8. The van der Waals surface area contributed by atoms with Gasteiger partial charge in [0.2, 0.25) is 5.91 Å². The summed E-state index contributed by atoms with van der Waals surface area (Å²) in [4.78, 5) is 14.1. The van der Waals surface area contributed by atoms with Gasteiger partial charge in [-0.2, -0.15) is 0 Å². The summed E-state index contributed by atoms with van der Waals surface area (Å²) in [5.74, 6) is 0.111. The number of amides is 1. The van der Waals surface area contributed by atoms with E-state index in [4.69, 9.17) is 10.5 Å². The van der Waals surface area contributed by atoms with E-state index in [-0.39, 0.29) is 11.9 Å². The second kappa shape index (κ2) is 6.02. The molecule has 2 fully saturated rings. The number of nitrogens with two attached hydrogens (primary N) is 1. The van der Waals surface area contributed by atoms with Crippen LogP contribution >= 0.6 is 0 Å². The summed E-state index contributed by atoms with van der Waals surface area (Å²) in [5.41, 5.74) is 6.47. The van der Waals surface area contributed by atoms with E-state index < -0.39 is 0 Å². The molecule has 1 aliphatic heterocycles. The van der Waals surface area contributed by atoms with Crippen molar-refractivity contribution in [3.63, 3.8) is 0 Å². The van der Waals surface area contributed by atoms with E-state index in [9.17, 15) is 4.79 Å². The first-order chi connectivity index (χ1) is 8.67. The lowest BCUT2D eigenvalue weighted by atomic mass is 9.77. The monoisotopic (exact) mass is 254 g/mol. The summed E-state index contributed by atoms with van der Waals surface area (Å²) < 4.78 is 4.98. The number of carbonyl (C=O) groups excluding carboxylic acids is 1. The third-order valence-electron chi connectivity index (χ3n) is 4.75. The Morgan fingerprint density at radius 3 is 2.44 bits per heavy atom. The van der Waals surface area contributed by atoms with Crippen molar-refractivity contribution in [2.24, 2.45) is 11.1 Å². The van der Waals surface area contributed by atoms with Gasteiger partial charge in [-0.15, -0.1) is 0 Å². The third-order valence-corrected chi connectivity index (χ3v) is 4.75. The van der Waals surface area contributed by atoms with Gasteiger partial charge in [0.25, 0.3) is 0 Å². The first-order valence-electron chi connectivity index (χ1n) is 7.20. The van der Waals surface area contributed by atoms with Gasteiger partial charge in [-0.05, 0) is 37.5 Å². The Bertz CT molecular complexity index is 278. The van der Waals surface area contributed by atoms with Crippen molar-refractivity contribution in [2.75, 3.05) is 26.8 Å². The van der Waals surface area contributed by atoms with Gasteiger partial charge in [0.1, 0.15) is 0 Å². The highest BCUT2D eigenvalue weighted by Gasteiger charge is 2.38. The maximum atomic E-state index is 12.2. The molecule has 1 amide bonds. The number of likely N-dealkylation sites (tertiary alicyclic amines) is 1. The van der Waals surface area contributed by atoms with Crippen molar-refractivity contribution in [1.82, 2.24) is 4.90 Å². The number of nitrogens with zero attached hydrogens (tertiary/aromatic N) is 1. The molecule has 0 radical (unpaired) electrons. The van der Waals surface area contributed by atoms with Crippen LogP contribution in [0.1, 0.15) is 44.9 Å². The fourth-order valence-corrected chi connectivity index (χ4v) is 3.43. The summed E-state index contributed by atoms with van der Waals surface area (Å²) in [6.45, 7) is 2.36. The predicted molar refractivity (Wildman–Crippen MR) is 71.2 cm³/mol. The Balaban J connectivity index is 1.79. The average Bonchev–Trinajstić information content (AvgIpc) is 2.84. The molecular formula is C14H26N2O2. The van der Waals surface area contributed by atoms with Crippen LogP contribution in [-0.2, 0) is 9.53 Å². The molecule has 1 heterocycles. The molecule has 1 unspecified atom stereocenters. The number of piperidine rings is 1. The molecule has 104 valence electrons. The largest absolute Gasteiger partial charge is 0.385 e. The molecule has 1 saturated heterocycles. The second-order valence-corrected chi connectivity index (χ2v) is 5.92. The molecule has 18 heavy (non-hydrogen) atoms. The molecule has 2 aliphatic rings. The molecular weight excluding hydrogens is 228 g/mol. The topological polar surface area (TPSA) is 55.6 Å². The SMILES string of the molecule is COCCC(N)C(=O)N1CCC2(CCCC2)CC1. The number of rotatable bonds is 4. The minimum atomic E-state index is -0.387. The van der Waals surface area contributed by atoms with Gasteiger partial charge in [0.15, 0.2) is 0 Å². The Kier molecular flexibility index (Phi) is 4.62. The zero-order valence-corrected chi connectivity index (χ0v) is 11.5. The minimum absolute atomic E-state index is 0.111. The molecule has 2 N–H and O–H groups in total. The van der Waals surface area contributed by atoms with Crippen molar-refractivity contribution in [2.45, 2.75) is 51.0 Å². The van der Waals surface area contributed by atoms with Crippen LogP contribution in [0.2, 0.25) is 0 Å². The van der Waals surface area contributed by atoms with Gasteiger partial charge in [0.05, 0.1) is 6.04 Å². The number of hydrogen-bond donors (Lipinski definition) is 1. The fraction of sp³-hybridized carbons (Fsp3) is 0.929. The maximum Gasteiger partial charge on any atom is 0.239 e. The number of methoxy groups -OCH3 is 1. The summed E-state index contributed by atoms with van der Waals surface area (Å²) in [5, 5.41) is 0. The van der Waals surface area contributed by atoms with Gasteiger partial charge in [0, 0.05) is 26.8 Å².